The van der Waals surface area contributed by atoms with Crippen molar-refractivity contribution < 1.29 is 22.7 Å². The summed E-state index contributed by atoms with van der Waals surface area (Å²) in [6.07, 6.45) is 0.0646. The molecule has 164 valence electrons. The van der Waals surface area contributed by atoms with Gasteiger partial charge in [0.15, 0.2) is 6.61 Å². The van der Waals surface area contributed by atoms with E-state index in [1.807, 2.05) is 6.07 Å². The van der Waals surface area contributed by atoms with Gasteiger partial charge in [-0.25, -0.2) is 17.5 Å². The van der Waals surface area contributed by atoms with E-state index in [4.69, 9.17) is 33.2 Å². The quantitative estimate of drug-likeness (QED) is 0.532. The van der Waals surface area contributed by atoms with Gasteiger partial charge in [0, 0.05) is 31.4 Å². The lowest BCUT2D eigenvalue weighted by molar-refractivity contribution is -0.121. The molecule has 0 aliphatic carbocycles. The van der Waals surface area contributed by atoms with E-state index in [9.17, 15) is 18.0 Å². The lowest BCUT2D eigenvalue weighted by Gasteiger charge is -2.22. The molecule has 2 rings (SSSR count). The maximum absolute atomic E-state index is 12.6. The van der Waals surface area contributed by atoms with Crippen molar-refractivity contribution in [2.24, 2.45) is 0 Å². The second kappa shape index (κ2) is 10.6. The number of amides is 1. The van der Waals surface area contributed by atoms with Gasteiger partial charge < -0.3 is 9.64 Å². The number of carbonyl (C=O) groups excluding carboxylic acids is 2. The molecule has 0 radical (unpaired) electrons. The van der Waals surface area contributed by atoms with Crippen LogP contribution in [0.2, 0.25) is 10.0 Å². The van der Waals surface area contributed by atoms with Crippen LogP contribution in [-0.2, 0) is 19.6 Å². The number of sulfonamides is 1. The molecule has 2 aromatic rings. The lowest BCUT2D eigenvalue weighted by atomic mass is 10.2. The molecule has 0 atom stereocenters. The second-order valence-electron chi connectivity index (χ2n) is 6.44. The lowest BCUT2D eigenvalue weighted by Crippen LogP contribution is -2.35. The molecule has 0 aliphatic heterocycles. The Morgan fingerprint density at radius 1 is 1.13 bits per heavy atom. The highest BCUT2D eigenvalue weighted by Gasteiger charge is 2.24. The molecule has 0 saturated carbocycles. The minimum atomic E-state index is -3.88. The molecule has 0 bridgehead atoms. The zero-order valence-corrected chi connectivity index (χ0v) is 19.0. The average molecular weight is 484 g/mol. The Morgan fingerprint density at radius 3 is 2.45 bits per heavy atom. The topological polar surface area (TPSA) is 108 Å². The SMILES string of the molecule is CN(C)S(=O)(=O)c1cc(C(=O)OCC(=O)N(CCC#N)c2cccc(Cl)c2)ccc1Cl. The predicted molar refractivity (Wildman–Crippen MR) is 117 cm³/mol. The maximum atomic E-state index is 12.6. The van der Waals surface area contributed by atoms with E-state index < -0.39 is 28.5 Å². The first-order chi connectivity index (χ1) is 14.6. The zero-order chi connectivity index (χ0) is 23.2. The molecule has 0 aromatic heterocycles. The first-order valence-electron chi connectivity index (χ1n) is 8.90. The number of nitrogens with zero attached hydrogens (tertiary/aromatic N) is 3. The summed E-state index contributed by atoms with van der Waals surface area (Å²) in [5, 5.41) is 9.21. The van der Waals surface area contributed by atoms with Crippen molar-refractivity contribution in [3.05, 3.63) is 58.1 Å². The number of benzene rings is 2. The summed E-state index contributed by atoms with van der Waals surface area (Å²) in [6, 6.07) is 12.1. The third-order valence-corrected chi connectivity index (χ3v) is 6.65. The van der Waals surface area contributed by atoms with Crippen LogP contribution >= 0.6 is 23.2 Å². The van der Waals surface area contributed by atoms with E-state index in [-0.39, 0.29) is 28.4 Å². The van der Waals surface area contributed by atoms with Gasteiger partial charge >= 0.3 is 5.97 Å². The number of hydrogen-bond acceptors (Lipinski definition) is 6. The monoisotopic (exact) mass is 483 g/mol. The van der Waals surface area contributed by atoms with Crippen LogP contribution in [0.5, 0.6) is 0 Å². The van der Waals surface area contributed by atoms with Gasteiger partial charge in [0.25, 0.3) is 5.91 Å². The van der Waals surface area contributed by atoms with Crippen LogP contribution < -0.4 is 4.90 Å². The molecule has 0 saturated heterocycles. The first-order valence-corrected chi connectivity index (χ1v) is 11.1. The summed E-state index contributed by atoms with van der Waals surface area (Å²) in [7, 11) is -1.21. The van der Waals surface area contributed by atoms with Crippen molar-refractivity contribution in [2.75, 3.05) is 32.1 Å². The van der Waals surface area contributed by atoms with Crippen LogP contribution in [0.15, 0.2) is 47.4 Å². The van der Waals surface area contributed by atoms with E-state index in [0.717, 1.165) is 10.4 Å². The number of hydrogen-bond donors (Lipinski definition) is 0. The van der Waals surface area contributed by atoms with Crippen molar-refractivity contribution in [3.8, 4) is 6.07 Å². The molecular weight excluding hydrogens is 465 g/mol. The second-order valence-corrected chi connectivity index (χ2v) is 9.41. The van der Waals surface area contributed by atoms with Gasteiger partial charge in [-0.3, -0.25) is 4.79 Å². The number of halogens is 2. The van der Waals surface area contributed by atoms with E-state index in [0.29, 0.717) is 10.7 Å². The number of ether oxygens (including phenoxy) is 1. The average Bonchev–Trinajstić information content (AvgIpc) is 2.72. The van der Waals surface area contributed by atoms with E-state index in [2.05, 4.69) is 0 Å². The Hall–Kier alpha value is -2.64. The fourth-order valence-electron chi connectivity index (χ4n) is 2.52. The summed E-state index contributed by atoms with van der Waals surface area (Å²) in [5.41, 5.74) is 0.374. The molecule has 0 unspecified atom stereocenters. The van der Waals surface area contributed by atoms with Crippen molar-refractivity contribution in [1.82, 2.24) is 4.31 Å². The third kappa shape index (κ3) is 6.18. The summed E-state index contributed by atoms with van der Waals surface area (Å²) in [5.74, 6) is -1.47. The first kappa shape index (κ1) is 24.6. The molecule has 0 N–H and O–H groups in total. The highest BCUT2D eigenvalue weighted by Crippen LogP contribution is 2.25. The van der Waals surface area contributed by atoms with Crippen LogP contribution in [0.1, 0.15) is 16.8 Å². The highest BCUT2D eigenvalue weighted by atomic mass is 35.5. The number of carbonyl (C=O) groups is 2. The normalized spacial score (nSPS) is 11.1. The van der Waals surface area contributed by atoms with Gasteiger partial charge in [-0.2, -0.15) is 5.26 Å². The van der Waals surface area contributed by atoms with Gasteiger partial charge in [0.05, 0.1) is 23.1 Å². The minimum absolute atomic E-state index is 0.0510. The van der Waals surface area contributed by atoms with Crippen molar-refractivity contribution in [3.63, 3.8) is 0 Å². The van der Waals surface area contributed by atoms with Crippen LogP contribution in [0.3, 0.4) is 0 Å². The predicted octanol–water partition coefficient (Wildman–Crippen LogP) is 3.35. The summed E-state index contributed by atoms with van der Waals surface area (Å²) in [6.45, 7) is -0.533. The van der Waals surface area contributed by atoms with E-state index >= 15 is 0 Å². The number of anilines is 1. The Labute approximate surface area is 190 Å². The molecule has 0 spiro atoms. The number of nitriles is 1. The van der Waals surface area contributed by atoms with E-state index in [1.165, 1.54) is 31.1 Å². The number of esters is 1. The standard InChI is InChI=1S/C20H19Cl2N3O5S/c1-24(2)31(28,29)18-11-14(7-8-17(18)22)20(27)30-13-19(26)25(10-4-9-23)16-6-3-5-15(21)12-16/h3,5-8,11-12H,4,10,13H2,1-2H3. The maximum Gasteiger partial charge on any atom is 0.338 e. The molecule has 1 amide bonds. The van der Waals surface area contributed by atoms with Crippen molar-refractivity contribution >= 4 is 50.8 Å². The third-order valence-electron chi connectivity index (χ3n) is 4.12. The van der Waals surface area contributed by atoms with Crippen molar-refractivity contribution in [2.45, 2.75) is 11.3 Å². The Balaban J connectivity index is 2.18. The Bertz CT molecular complexity index is 1130. The van der Waals surface area contributed by atoms with Gasteiger partial charge in [0.1, 0.15) is 4.90 Å². The van der Waals surface area contributed by atoms with Crippen LogP contribution in [-0.4, -0.2) is 51.8 Å². The van der Waals surface area contributed by atoms with Gasteiger partial charge in [-0.1, -0.05) is 29.3 Å². The summed E-state index contributed by atoms with van der Waals surface area (Å²) in [4.78, 5) is 26.1. The molecule has 8 nitrogen and oxygen atoms in total. The Kier molecular flexibility index (Phi) is 8.42. The smallest absolute Gasteiger partial charge is 0.338 e. The van der Waals surface area contributed by atoms with Gasteiger partial charge in [-0.05, 0) is 36.4 Å². The summed E-state index contributed by atoms with van der Waals surface area (Å²) < 4.78 is 30.8. The molecular formula is C20H19Cl2N3O5S. The highest BCUT2D eigenvalue weighted by molar-refractivity contribution is 7.89. The van der Waals surface area contributed by atoms with Crippen LogP contribution in [0, 0.1) is 11.3 Å². The largest absolute Gasteiger partial charge is 0.452 e. The molecule has 31 heavy (non-hydrogen) atoms. The van der Waals surface area contributed by atoms with Crippen LogP contribution in [0.25, 0.3) is 0 Å². The minimum Gasteiger partial charge on any atom is -0.452 e. The fraction of sp³-hybridized carbons (Fsp3) is 0.250. The van der Waals surface area contributed by atoms with Gasteiger partial charge in [-0.15, -0.1) is 0 Å². The van der Waals surface area contributed by atoms with Crippen molar-refractivity contribution in [1.29, 1.82) is 5.26 Å². The molecule has 0 aliphatic rings. The summed E-state index contributed by atoms with van der Waals surface area (Å²) >= 11 is 11.9. The van der Waals surface area contributed by atoms with E-state index in [1.54, 1.807) is 24.3 Å². The number of rotatable bonds is 8. The fourth-order valence-corrected chi connectivity index (χ4v) is 4.10. The van der Waals surface area contributed by atoms with Crippen LogP contribution in [0.4, 0.5) is 5.69 Å². The molecule has 11 heteroatoms. The molecule has 0 heterocycles. The van der Waals surface area contributed by atoms with Gasteiger partial charge in [0.2, 0.25) is 10.0 Å². The molecule has 0 fully saturated rings. The zero-order valence-electron chi connectivity index (χ0n) is 16.7. The molecule has 2 aromatic carbocycles. The Morgan fingerprint density at radius 2 is 1.84 bits per heavy atom.